The molecule has 2 aliphatic rings. The minimum atomic E-state index is -0.815. The third kappa shape index (κ3) is 1.69. The quantitative estimate of drug-likeness (QED) is 0.710. The summed E-state index contributed by atoms with van der Waals surface area (Å²) in [6, 6.07) is 0. The van der Waals surface area contributed by atoms with Crippen molar-refractivity contribution in [2.75, 3.05) is 0 Å². The first kappa shape index (κ1) is 12.8. The van der Waals surface area contributed by atoms with Crippen molar-refractivity contribution in [3.63, 3.8) is 0 Å². The first-order valence-electron chi connectivity index (χ1n) is 6.72. The second kappa shape index (κ2) is 3.94. The molecule has 2 aliphatic carbocycles. The molecule has 2 heteroatoms. The molecule has 96 valence electrons. The summed E-state index contributed by atoms with van der Waals surface area (Å²) in [5.74, 6) is 0.854. The van der Waals surface area contributed by atoms with Gasteiger partial charge in [-0.3, -0.25) is 4.79 Å². The fourth-order valence-corrected chi connectivity index (χ4v) is 3.79. The third-order valence-corrected chi connectivity index (χ3v) is 5.44. The van der Waals surface area contributed by atoms with E-state index in [4.69, 9.17) is 0 Å². The highest BCUT2D eigenvalue weighted by Gasteiger charge is 2.59. The van der Waals surface area contributed by atoms with Gasteiger partial charge in [0.25, 0.3) is 0 Å². The normalized spacial score (nSPS) is 46.5. The Bertz CT molecular complexity index is 360. The van der Waals surface area contributed by atoms with Gasteiger partial charge in [-0.05, 0) is 51.4 Å². The van der Waals surface area contributed by atoms with Crippen LogP contribution in [0, 0.1) is 17.3 Å². The van der Waals surface area contributed by atoms with E-state index in [1.807, 2.05) is 13.8 Å². The molecule has 2 nitrogen and oxygen atoms in total. The molecule has 1 N–H and O–H groups in total. The lowest BCUT2D eigenvalue weighted by Gasteiger charge is -2.55. The van der Waals surface area contributed by atoms with Gasteiger partial charge in [0, 0.05) is 6.42 Å². The fraction of sp³-hybridized carbons (Fsp3) is 0.800. The molecule has 17 heavy (non-hydrogen) atoms. The Balaban J connectivity index is 2.35. The van der Waals surface area contributed by atoms with Crippen molar-refractivity contribution in [3.8, 4) is 0 Å². The van der Waals surface area contributed by atoms with Gasteiger partial charge >= 0.3 is 0 Å². The molecule has 0 spiro atoms. The molecular weight excluding hydrogens is 212 g/mol. The van der Waals surface area contributed by atoms with E-state index in [-0.39, 0.29) is 11.7 Å². The fourth-order valence-electron chi connectivity index (χ4n) is 3.79. The topological polar surface area (TPSA) is 37.3 Å². The van der Waals surface area contributed by atoms with Crippen molar-refractivity contribution in [3.05, 3.63) is 12.2 Å². The molecule has 0 aliphatic heterocycles. The highest BCUT2D eigenvalue weighted by Crippen LogP contribution is 2.55. The van der Waals surface area contributed by atoms with E-state index in [1.54, 1.807) is 0 Å². The first-order valence-corrected chi connectivity index (χ1v) is 6.72. The van der Waals surface area contributed by atoms with Crippen LogP contribution in [0.1, 0.15) is 52.9 Å². The Morgan fingerprint density at radius 1 is 1.47 bits per heavy atom. The van der Waals surface area contributed by atoms with Crippen LogP contribution in [0.15, 0.2) is 12.2 Å². The average Bonchev–Trinajstić information content (AvgIpc) is 2.27. The SMILES string of the molecule is C=C(C)[C@@H]1CC[C@@]2(C)C(=O)CC[C@H](C)[C@@]2(O)C1. The number of aliphatic hydroxyl groups is 1. The van der Waals surface area contributed by atoms with Gasteiger partial charge in [0.15, 0.2) is 0 Å². The summed E-state index contributed by atoms with van der Waals surface area (Å²) in [5, 5.41) is 11.0. The summed E-state index contributed by atoms with van der Waals surface area (Å²) in [6.45, 7) is 10.1. The maximum absolute atomic E-state index is 12.2. The standard InChI is InChI=1S/C15H24O2/c1-10(2)12-7-8-14(4)13(16)6-5-11(3)15(14,17)9-12/h11-12,17H,1,5-9H2,2-4H3/t11-,12+,14-,15-/m0/s1. The van der Waals surface area contributed by atoms with Crippen molar-refractivity contribution >= 4 is 5.78 Å². The molecule has 0 radical (unpaired) electrons. The number of hydrogen-bond acceptors (Lipinski definition) is 2. The van der Waals surface area contributed by atoms with E-state index in [0.717, 1.165) is 24.8 Å². The zero-order valence-electron chi connectivity index (χ0n) is 11.3. The Morgan fingerprint density at radius 3 is 2.71 bits per heavy atom. The summed E-state index contributed by atoms with van der Waals surface area (Å²) in [6.07, 6.45) is 3.98. The molecule has 0 bridgehead atoms. The largest absolute Gasteiger partial charge is 0.389 e. The van der Waals surface area contributed by atoms with E-state index < -0.39 is 11.0 Å². The van der Waals surface area contributed by atoms with Gasteiger partial charge in [-0.15, -0.1) is 0 Å². The Hall–Kier alpha value is -0.630. The molecule has 0 heterocycles. The van der Waals surface area contributed by atoms with Crippen LogP contribution in [0.4, 0.5) is 0 Å². The number of carbonyl (C=O) groups is 1. The first-order chi connectivity index (χ1) is 7.81. The number of rotatable bonds is 1. The van der Waals surface area contributed by atoms with Crippen LogP contribution in [0.2, 0.25) is 0 Å². The van der Waals surface area contributed by atoms with Crippen molar-refractivity contribution < 1.29 is 9.90 Å². The van der Waals surface area contributed by atoms with E-state index in [1.165, 1.54) is 0 Å². The molecule has 0 aromatic heterocycles. The number of fused-ring (bicyclic) bond motifs is 1. The van der Waals surface area contributed by atoms with E-state index in [2.05, 4.69) is 13.5 Å². The molecule has 2 rings (SSSR count). The average molecular weight is 236 g/mol. The van der Waals surface area contributed by atoms with E-state index in [0.29, 0.717) is 18.8 Å². The van der Waals surface area contributed by atoms with E-state index >= 15 is 0 Å². The molecule has 0 saturated heterocycles. The number of Topliss-reactive ketones (excluding diaryl/α,β-unsaturated/α-hetero) is 1. The van der Waals surface area contributed by atoms with Gasteiger partial charge in [-0.2, -0.15) is 0 Å². The molecule has 0 aromatic rings. The number of ketones is 1. The Morgan fingerprint density at radius 2 is 2.12 bits per heavy atom. The molecular formula is C15H24O2. The number of carbonyl (C=O) groups excluding carboxylic acids is 1. The van der Waals surface area contributed by atoms with Gasteiger partial charge in [0.1, 0.15) is 5.78 Å². The molecule has 0 unspecified atom stereocenters. The Kier molecular flexibility index (Phi) is 2.97. The zero-order valence-corrected chi connectivity index (χ0v) is 11.3. The minimum Gasteiger partial charge on any atom is -0.389 e. The summed E-state index contributed by atoms with van der Waals surface area (Å²) < 4.78 is 0. The highest BCUT2D eigenvalue weighted by atomic mass is 16.3. The lowest BCUT2D eigenvalue weighted by molar-refractivity contribution is -0.183. The third-order valence-electron chi connectivity index (χ3n) is 5.44. The van der Waals surface area contributed by atoms with Crippen molar-refractivity contribution in [1.82, 2.24) is 0 Å². The van der Waals surface area contributed by atoms with Crippen LogP contribution in [-0.2, 0) is 4.79 Å². The lowest BCUT2D eigenvalue weighted by Crippen LogP contribution is -2.61. The molecule has 2 fully saturated rings. The van der Waals surface area contributed by atoms with Crippen LogP contribution in [0.5, 0.6) is 0 Å². The second-order valence-electron chi connectivity index (χ2n) is 6.41. The molecule has 0 amide bonds. The number of allylic oxidation sites excluding steroid dienone is 1. The highest BCUT2D eigenvalue weighted by molar-refractivity contribution is 5.87. The van der Waals surface area contributed by atoms with Crippen LogP contribution in [0.25, 0.3) is 0 Å². The van der Waals surface area contributed by atoms with Crippen molar-refractivity contribution in [2.24, 2.45) is 17.3 Å². The summed E-state index contributed by atoms with van der Waals surface area (Å²) in [7, 11) is 0. The molecule has 4 atom stereocenters. The van der Waals surface area contributed by atoms with Crippen molar-refractivity contribution in [2.45, 2.75) is 58.5 Å². The summed E-state index contributed by atoms with van der Waals surface area (Å²) in [4.78, 5) is 12.2. The van der Waals surface area contributed by atoms with Gasteiger partial charge < -0.3 is 5.11 Å². The summed E-state index contributed by atoms with van der Waals surface area (Å²) >= 11 is 0. The smallest absolute Gasteiger partial charge is 0.141 e. The molecule has 2 saturated carbocycles. The van der Waals surface area contributed by atoms with E-state index in [9.17, 15) is 9.90 Å². The van der Waals surface area contributed by atoms with Gasteiger partial charge in [-0.1, -0.05) is 19.1 Å². The zero-order chi connectivity index (χ0) is 12.8. The van der Waals surface area contributed by atoms with Gasteiger partial charge in [-0.25, -0.2) is 0 Å². The second-order valence-corrected chi connectivity index (χ2v) is 6.41. The predicted octanol–water partition coefficient (Wildman–Crippen LogP) is 3.10. The summed E-state index contributed by atoms with van der Waals surface area (Å²) in [5.41, 5.74) is -0.188. The van der Waals surface area contributed by atoms with Crippen LogP contribution in [-0.4, -0.2) is 16.5 Å². The van der Waals surface area contributed by atoms with Crippen molar-refractivity contribution in [1.29, 1.82) is 0 Å². The maximum Gasteiger partial charge on any atom is 0.141 e. The van der Waals surface area contributed by atoms with Crippen LogP contribution >= 0.6 is 0 Å². The minimum absolute atomic E-state index is 0.215. The monoisotopic (exact) mass is 236 g/mol. The van der Waals surface area contributed by atoms with Crippen LogP contribution < -0.4 is 0 Å². The molecule has 0 aromatic carbocycles. The number of hydrogen-bond donors (Lipinski definition) is 1. The van der Waals surface area contributed by atoms with Gasteiger partial charge in [0.2, 0.25) is 0 Å². The van der Waals surface area contributed by atoms with Gasteiger partial charge in [0.05, 0.1) is 11.0 Å². The maximum atomic E-state index is 12.2. The van der Waals surface area contributed by atoms with Crippen LogP contribution in [0.3, 0.4) is 0 Å². The predicted molar refractivity (Wildman–Crippen MR) is 68.6 cm³/mol. The Labute approximate surface area is 104 Å². The lowest BCUT2D eigenvalue weighted by atomic mass is 9.51.